The van der Waals surface area contributed by atoms with Gasteiger partial charge in [0, 0.05) is 19.6 Å². The summed E-state index contributed by atoms with van der Waals surface area (Å²) >= 11 is 3.31. The Morgan fingerprint density at radius 1 is 1.35 bits per heavy atom. The summed E-state index contributed by atoms with van der Waals surface area (Å²) < 4.78 is 28.8. The van der Waals surface area contributed by atoms with Crippen LogP contribution in [0, 0.1) is 0 Å². The van der Waals surface area contributed by atoms with Gasteiger partial charge in [-0.3, -0.25) is 4.90 Å². The number of hydrogen-bond acceptors (Lipinski definition) is 5. The quantitative estimate of drug-likeness (QED) is 0.882. The van der Waals surface area contributed by atoms with Gasteiger partial charge in [-0.1, -0.05) is 0 Å². The molecule has 1 aromatic carbocycles. The summed E-state index contributed by atoms with van der Waals surface area (Å²) in [6.07, 6.45) is 0. The summed E-state index contributed by atoms with van der Waals surface area (Å²) in [6, 6.07) is 3.63. The molecule has 7 heteroatoms. The van der Waals surface area contributed by atoms with Crippen molar-refractivity contribution in [2.75, 3.05) is 31.2 Å². The Labute approximate surface area is 127 Å². The second kappa shape index (κ2) is 6.32. The lowest BCUT2D eigenvalue weighted by molar-refractivity contribution is 0.285. The molecule has 0 saturated carbocycles. The van der Waals surface area contributed by atoms with Crippen molar-refractivity contribution in [2.24, 2.45) is 0 Å². The molecule has 1 saturated heterocycles. The largest absolute Gasteiger partial charge is 0.503 e. The predicted molar refractivity (Wildman–Crippen MR) is 80.9 cm³/mol. The van der Waals surface area contributed by atoms with Gasteiger partial charge < -0.3 is 9.84 Å². The summed E-state index contributed by atoms with van der Waals surface area (Å²) in [4.78, 5) is 2.09. The normalized spacial score (nSPS) is 18.9. The summed E-state index contributed by atoms with van der Waals surface area (Å²) in [6.45, 7) is 4.07. The summed E-state index contributed by atoms with van der Waals surface area (Å²) in [7, 11) is -2.86. The van der Waals surface area contributed by atoms with E-state index in [1.807, 2.05) is 13.0 Å². The third-order valence-corrected chi connectivity index (χ3v) is 5.44. The highest BCUT2D eigenvalue weighted by molar-refractivity contribution is 9.10. The molecule has 0 aliphatic carbocycles. The Bertz CT molecular complexity index is 574. The van der Waals surface area contributed by atoms with E-state index in [1.165, 1.54) is 0 Å². The van der Waals surface area contributed by atoms with Crippen LogP contribution in [0.2, 0.25) is 0 Å². The van der Waals surface area contributed by atoms with Gasteiger partial charge in [-0.25, -0.2) is 8.42 Å². The van der Waals surface area contributed by atoms with Crippen LogP contribution < -0.4 is 4.74 Å². The van der Waals surface area contributed by atoms with Crippen molar-refractivity contribution < 1.29 is 18.3 Å². The second-order valence-electron chi connectivity index (χ2n) is 4.79. The van der Waals surface area contributed by atoms with Crippen molar-refractivity contribution in [1.29, 1.82) is 0 Å². The number of nitrogens with zero attached hydrogens (tertiary/aromatic N) is 1. The molecule has 1 aliphatic heterocycles. The summed E-state index contributed by atoms with van der Waals surface area (Å²) in [5, 5.41) is 9.86. The molecule has 1 fully saturated rings. The maximum Gasteiger partial charge on any atom is 0.172 e. The Morgan fingerprint density at radius 3 is 2.60 bits per heavy atom. The number of phenolic OH excluding ortho intramolecular Hbond substituents is 1. The molecule has 5 nitrogen and oxygen atoms in total. The van der Waals surface area contributed by atoms with Crippen LogP contribution in [0.3, 0.4) is 0 Å². The van der Waals surface area contributed by atoms with Gasteiger partial charge in [-0.2, -0.15) is 0 Å². The molecule has 0 aromatic heterocycles. The molecule has 1 aliphatic rings. The monoisotopic (exact) mass is 363 g/mol. The molecule has 20 heavy (non-hydrogen) atoms. The van der Waals surface area contributed by atoms with Crippen LogP contribution in [0.25, 0.3) is 0 Å². The molecule has 0 amide bonds. The number of hydrogen-bond donors (Lipinski definition) is 1. The highest BCUT2D eigenvalue weighted by Gasteiger charge is 2.22. The van der Waals surface area contributed by atoms with E-state index in [4.69, 9.17) is 4.74 Å². The standard InChI is InChI=1S/C13H18BrNO4S/c1-2-19-12-8-10(7-11(14)13(12)16)9-15-3-5-20(17,18)6-4-15/h7-8,16H,2-6,9H2,1H3. The van der Waals surface area contributed by atoms with Gasteiger partial charge in [0.25, 0.3) is 0 Å². The smallest absolute Gasteiger partial charge is 0.172 e. The zero-order chi connectivity index (χ0) is 14.8. The summed E-state index contributed by atoms with van der Waals surface area (Å²) in [5.74, 6) is 0.966. The van der Waals surface area contributed by atoms with E-state index < -0.39 is 9.84 Å². The minimum Gasteiger partial charge on any atom is -0.503 e. The molecular weight excluding hydrogens is 346 g/mol. The molecule has 1 N–H and O–H groups in total. The molecule has 0 bridgehead atoms. The number of rotatable bonds is 4. The highest BCUT2D eigenvalue weighted by atomic mass is 79.9. The first-order valence-corrected chi connectivity index (χ1v) is 9.09. The van der Waals surface area contributed by atoms with E-state index in [9.17, 15) is 13.5 Å². The Balaban J connectivity index is 2.10. The number of sulfone groups is 1. The van der Waals surface area contributed by atoms with Gasteiger partial charge >= 0.3 is 0 Å². The zero-order valence-corrected chi connectivity index (χ0v) is 13.7. The second-order valence-corrected chi connectivity index (χ2v) is 7.94. The van der Waals surface area contributed by atoms with Crippen molar-refractivity contribution in [1.82, 2.24) is 4.90 Å². The molecule has 112 valence electrons. The zero-order valence-electron chi connectivity index (χ0n) is 11.3. The van der Waals surface area contributed by atoms with Crippen LogP contribution in [0.5, 0.6) is 11.5 Å². The number of aromatic hydroxyl groups is 1. The topological polar surface area (TPSA) is 66.8 Å². The molecule has 0 atom stereocenters. The van der Waals surface area contributed by atoms with E-state index in [-0.39, 0.29) is 17.3 Å². The number of phenols is 1. The van der Waals surface area contributed by atoms with Crippen LogP contribution in [0.1, 0.15) is 12.5 Å². The van der Waals surface area contributed by atoms with Crippen LogP contribution >= 0.6 is 15.9 Å². The van der Waals surface area contributed by atoms with Crippen molar-refractivity contribution in [3.05, 3.63) is 22.2 Å². The summed E-state index contributed by atoms with van der Waals surface area (Å²) in [5.41, 5.74) is 0.984. The average molecular weight is 364 g/mol. The fourth-order valence-electron chi connectivity index (χ4n) is 2.15. The van der Waals surface area contributed by atoms with E-state index in [0.29, 0.717) is 36.5 Å². The molecule has 2 rings (SSSR count). The first-order chi connectivity index (χ1) is 9.41. The highest BCUT2D eigenvalue weighted by Crippen LogP contribution is 2.35. The molecule has 1 heterocycles. The number of benzene rings is 1. The van der Waals surface area contributed by atoms with Crippen molar-refractivity contribution >= 4 is 25.8 Å². The van der Waals surface area contributed by atoms with E-state index in [0.717, 1.165) is 5.56 Å². The average Bonchev–Trinajstić information content (AvgIpc) is 2.38. The van der Waals surface area contributed by atoms with Crippen LogP contribution in [0.15, 0.2) is 16.6 Å². The molecule has 0 spiro atoms. The van der Waals surface area contributed by atoms with Crippen molar-refractivity contribution in [3.63, 3.8) is 0 Å². The number of halogens is 1. The third kappa shape index (κ3) is 3.86. The minimum atomic E-state index is -2.86. The van der Waals surface area contributed by atoms with Gasteiger partial charge in [-0.15, -0.1) is 0 Å². The van der Waals surface area contributed by atoms with E-state index in [2.05, 4.69) is 20.8 Å². The Morgan fingerprint density at radius 2 is 2.00 bits per heavy atom. The lowest BCUT2D eigenvalue weighted by Crippen LogP contribution is -2.39. The van der Waals surface area contributed by atoms with Crippen molar-refractivity contribution in [2.45, 2.75) is 13.5 Å². The van der Waals surface area contributed by atoms with Crippen LogP contribution in [0.4, 0.5) is 0 Å². The fourth-order valence-corrected chi connectivity index (χ4v) is 3.92. The van der Waals surface area contributed by atoms with Gasteiger partial charge in [0.05, 0.1) is 22.6 Å². The van der Waals surface area contributed by atoms with Crippen LogP contribution in [-0.4, -0.2) is 49.6 Å². The third-order valence-electron chi connectivity index (χ3n) is 3.23. The molecule has 0 unspecified atom stereocenters. The molecular formula is C13H18BrNO4S. The minimum absolute atomic E-state index is 0.0943. The first kappa shape index (κ1) is 15.6. The van der Waals surface area contributed by atoms with Gasteiger partial charge in [0.2, 0.25) is 0 Å². The predicted octanol–water partition coefficient (Wildman–Crippen LogP) is 1.78. The lowest BCUT2D eigenvalue weighted by atomic mass is 10.2. The number of ether oxygens (including phenoxy) is 1. The fraction of sp³-hybridized carbons (Fsp3) is 0.538. The van der Waals surface area contributed by atoms with Gasteiger partial charge in [0.1, 0.15) is 0 Å². The maximum absolute atomic E-state index is 11.4. The van der Waals surface area contributed by atoms with E-state index >= 15 is 0 Å². The first-order valence-electron chi connectivity index (χ1n) is 6.48. The van der Waals surface area contributed by atoms with E-state index in [1.54, 1.807) is 6.07 Å². The van der Waals surface area contributed by atoms with Crippen molar-refractivity contribution in [3.8, 4) is 11.5 Å². The van der Waals surface area contributed by atoms with Gasteiger partial charge in [-0.05, 0) is 40.5 Å². The SMILES string of the molecule is CCOc1cc(CN2CCS(=O)(=O)CC2)cc(Br)c1O. The van der Waals surface area contributed by atoms with Gasteiger partial charge in [0.15, 0.2) is 21.3 Å². The molecule has 0 radical (unpaired) electrons. The van der Waals surface area contributed by atoms with Crippen LogP contribution in [-0.2, 0) is 16.4 Å². The lowest BCUT2D eigenvalue weighted by Gasteiger charge is -2.26. The Kier molecular flexibility index (Phi) is 4.93. The Hall–Kier alpha value is -0.790. The molecule has 1 aromatic rings. The maximum atomic E-state index is 11.4.